The monoisotopic (exact) mass is 285 g/mol. The summed E-state index contributed by atoms with van der Waals surface area (Å²) in [6.07, 6.45) is 3.99. The van der Waals surface area contributed by atoms with Crippen LogP contribution in [0.1, 0.15) is 45.2 Å². The van der Waals surface area contributed by atoms with Crippen LogP contribution in [0.5, 0.6) is 0 Å². The number of carbonyl (C=O) groups is 1. The number of nitrogens with zero attached hydrogens (tertiary/aromatic N) is 2. The molecule has 0 aromatic carbocycles. The van der Waals surface area contributed by atoms with Crippen LogP contribution in [0, 0.1) is 5.41 Å². The molecule has 1 atom stereocenters. The summed E-state index contributed by atoms with van der Waals surface area (Å²) in [5.74, 6) is 0.640. The van der Waals surface area contributed by atoms with Gasteiger partial charge in [-0.05, 0) is 31.0 Å². The number of aromatic amines is 1. The number of pyridine rings is 1. The lowest BCUT2D eigenvalue weighted by atomic mass is 9.90. The third-order valence-corrected chi connectivity index (χ3v) is 4.20. The maximum atomic E-state index is 12.5. The van der Waals surface area contributed by atoms with E-state index in [4.69, 9.17) is 0 Å². The van der Waals surface area contributed by atoms with Crippen LogP contribution in [0.15, 0.2) is 24.4 Å². The first kappa shape index (κ1) is 14.1. The molecule has 3 heterocycles. The third-order valence-electron chi connectivity index (χ3n) is 4.20. The van der Waals surface area contributed by atoms with Crippen molar-refractivity contribution >= 4 is 16.9 Å². The van der Waals surface area contributed by atoms with E-state index in [0.717, 1.165) is 37.0 Å². The zero-order chi connectivity index (χ0) is 15.0. The molecule has 1 N–H and O–H groups in total. The SMILES string of the molecule is CC(C)(C)C(=O)N1CCC[C@H](c2cc3cccnc3[nH]2)C1. The Balaban J connectivity index is 1.81. The molecule has 0 saturated carbocycles. The predicted octanol–water partition coefficient (Wildman–Crippen LogP) is 3.32. The molecule has 112 valence electrons. The van der Waals surface area contributed by atoms with Gasteiger partial charge in [0, 0.05) is 41.7 Å². The molecule has 1 aliphatic heterocycles. The Kier molecular flexibility index (Phi) is 3.47. The second-order valence-electron chi connectivity index (χ2n) is 7.01. The molecule has 4 nitrogen and oxygen atoms in total. The first-order valence-electron chi connectivity index (χ1n) is 7.68. The maximum absolute atomic E-state index is 12.5. The molecule has 1 saturated heterocycles. The molecule has 4 heteroatoms. The normalized spacial score (nSPS) is 20.0. The first-order valence-corrected chi connectivity index (χ1v) is 7.68. The topological polar surface area (TPSA) is 49.0 Å². The maximum Gasteiger partial charge on any atom is 0.227 e. The fraction of sp³-hybridized carbons (Fsp3) is 0.529. The molecule has 1 fully saturated rings. The van der Waals surface area contributed by atoms with E-state index in [0.29, 0.717) is 5.92 Å². The predicted molar refractivity (Wildman–Crippen MR) is 84.1 cm³/mol. The Hall–Kier alpha value is -1.84. The van der Waals surface area contributed by atoms with Crippen LogP contribution in [0.3, 0.4) is 0 Å². The molecule has 2 aromatic heterocycles. The number of hydrogen-bond donors (Lipinski definition) is 1. The Morgan fingerprint density at radius 1 is 1.43 bits per heavy atom. The van der Waals surface area contributed by atoms with E-state index < -0.39 is 0 Å². The minimum Gasteiger partial charge on any atom is -0.343 e. The van der Waals surface area contributed by atoms with Gasteiger partial charge in [0.2, 0.25) is 5.91 Å². The number of H-pyrrole nitrogens is 1. The summed E-state index contributed by atoms with van der Waals surface area (Å²) in [6, 6.07) is 6.21. The van der Waals surface area contributed by atoms with Crippen molar-refractivity contribution in [2.45, 2.75) is 39.5 Å². The van der Waals surface area contributed by atoms with Crippen LogP contribution in [0.4, 0.5) is 0 Å². The van der Waals surface area contributed by atoms with Gasteiger partial charge >= 0.3 is 0 Å². The van der Waals surface area contributed by atoms with Crippen molar-refractivity contribution in [2.75, 3.05) is 13.1 Å². The standard InChI is InChI=1S/C17H23N3O/c1-17(2,3)16(21)20-9-5-7-13(11-20)14-10-12-6-4-8-18-15(12)19-14/h4,6,8,10,13H,5,7,9,11H2,1-3H3,(H,18,19)/t13-/m0/s1. The number of aromatic nitrogens is 2. The number of nitrogens with one attached hydrogen (secondary N) is 1. The van der Waals surface area contributed by atoms with Crippen LogP contribution in [0.25, 0.3) is 11.0 Å². The lowest BCUT2D eigenvalue weighted by Crippen LogP contribution is -2.44. The Labute approximate surface area is 125 Å². The highest BCUT2D eigenvalue weighted by Crippen LogP contribution is 2.30. The molecule has 3 rings (SSSR count). The molecule has 21 heavy (non-hydrogen) atoms. The molecule has 1 amide bonds. The quantitative estimate of drug-likeness (QED) is 0.874. The van der Waals surface area contributed by atoms with Crippen molar-refractivity contribution in [3.8, 4) is 0 Å². The summed E-state index contributed by atoms with van der Waals surface area (Å²) >= 11 is 0. The zero-order valence-corrected chi connectivity index (χ0v) is 13.0. The molecular weight excluding hydrogens is 262 g/mol. The molecule has 2 aromatic rings. The van der Waals surface area contributed by atoms with Crippen molar-refractivity contribution in [3.05, 3.63) is 30.1 Å². The number of rotatable bonds is 1. The Bertz CT molecular complexity index is 620. The largest absolute Gasteiger partial charge is 0.343 e. The van der Waals surface area contributed by atoms with Gasteiger partial charge < -0.3 is 9.88 Å². The van der Waals surface area contributed by atoms with Crippen LogP contribution < -0.4 is 0 Å². The summed E-state index contributed by atoms with van der Waals surface area (Å²) in [4.78, 5) is 22.3. The van der Waals surface area contributed by atoms with Gasteiger partial charge in [0.25, 0.3) is 0 Å². The summed E-state index contributed by atoms with van der Waals surface area (Å²) in [7, 11) is 0. The van der Waals surface area contributed by atoms with E-state index in [9.17, 15) is 4.79 Å². The summed E-state index contributed by atoms with van der Waals surface area (Å²) < 4.78 is 0. The number of piperidine rings is 1. The Morgan fingerprint density at radius 3 is 2.95 bits per heavy atom. The van der Waals surface area contributed by atoms with Crippen molar-refractivity contribution in [2.24, 2.45) is 5.41 Å². The van der Waals surface area contributed by atoms with Gasteiger partial charge in [-0.2, -0.15) is 0 Å². The van der Waals surface area contributed by atoms with Crippen molar-refractivity contribution in [1.29, 1.82) is 0 Å². The van der Waals surface area contributed by atoms with Crippen molar-refractivity contribution in [3.63, 3.8) is 0 Å². The van der Waals surface area contributed by atoms with E-state index in [1.807, 2.05) is 31.7 Å². The van der Waals surface area contributed by atoms with E-state index >= 15 is 0 Å². The molecule has 0 aliphatic carbocycles. The fourth-order valence-corrected chi connectivity index (χ4v) is 3.09. The van der Waals surface area contributed by atoms with Crippen LogP contribution >= 0.6 is 0 Å². The minimum absolute atomic E-state index is 0.251. The minimum atomic E-state index is -0.302. The number of likely N-dealkylation sites (tertiary alicyclic amines) is 1. The highest BCUT2D eigenvalue weighted by molar-refractivity contribution is 5.82. The van der Waals surface area contributed by atoms with Crippen LogP contribution in [-0.2, 0) is 4.79 Å². The van der Waals surface area contributed by atoms with E-state index in [1.54, 1.807) is 6.20 Å². The average Bonchev–Trinajstić information content (AvgIpc) is 2.89. The molecule has 0 radical (unpaired) electrons. The average molecular weight is 285 g/mol. The summed E-state index contributed by atoms with van der Waals surface area (Å²) in [6.45, 7) is 7.66. The summed E-state index contributed by atoms with van der Waals surface area (Å²) in [5.41, 5.74) is 1.84. The molecule has 1 aliphatic rings. The van der Waals surface area contributed by atoms with E-state index in [2.05, 4.69) is 22.1 Å². The van der Waals surface area contributed by atoms with Gasteiger partial charge in [0.05, 0.1) is 0 Å². The van der Waals surface area contributed by atoms with Gasteiger partial charge in [0.15, 0.2) is 0 Å². The van der Waals surface area contributed by atoms with Crippen LogP contribution in [-0.4, -0.2) is 33.9 Å². The molecule has 0 spiro atoms. The van der Waals surface area contributed by atoms with E-state index in [-0.39, 0.29) is 11.3 Å². The number of amides is 1. The second-order valence-corrected chi connectivity index (χ2v) is 7.01. The number of hydrogen-bond acceptors (Lipinski definition) is 2. The van der Waals surface area contributed by atoms with Gasteiger partial charge in [0.1, 0.15) is 5.65 Å². The smallest absolute Gasteiger partial charge is 0.227 e. The first-order chi connectivity index (χ1) is 9.95. The third kappa shape index (κ3) is 2.80. The number of carbonyl (C=O) groups excluding carboxylic acids is 1. The van der Waals surface area contributed by atoms with Gasteiger partial charge in [-0.1, -0.05) is 20.8 Å². The molecular formula is C17H23N3O. The Morgan fingerprint density at radius 2 is 2.24 bits per heavy atom. The van der Waals surface area contributed by atoms with Crippen molar-refractivity contribution in [1.82, 2.24) is 14.9 Å². The van der Waals surface area contributed by atoms with E-state index in [1.165, 1.54) is 5.69 Å². The molecule has 0 unspecified atom stereocenters. The highest BCUT2D eigenvalue weighted by atomic mass is 16.2. The fourth-order valence-electron chi connectivity index (χ4n) is 3.09. The zero-order valence-electron chi connectivity index (χ0n) is 13.0. The van der Waals surface area contributed by atoms with Crippen LogP contribution in [0.2, 0.25) is 0 Å². The number of fused-ring (bicyclic) bond motifs is 1. The molecule has 0 bridgehead atoms. The second kappa shape index (κ2) is 5.17. The lowest BCUT2D eigenvalue weighted by molar-refractivity contribution is -0.140. The lowest BCUT2D eigenvalue weighted by Gasteiger charge is -2.36. The van der Waals surface area contributed by atoms with Gasteiger partial charge in [-0.15, -0.1) is 0 Å². The van der Waals surface area contributed by atoms with Crippen molar-refractivity contribution < 1.29 is 4.79 Å². The highest BCUT2D eigenvalue weighted by Gasteiger charge is 2.31. The van der Waals surface area contributed by atoms with Gasteiger partial charge in [-0.3, -0.25) is 4.79 Å². The van der Waals surface area contributed by atoms with Gasteiger partial charge in [-0.25, -0.2) is 4.98 Å². The summed E-state index contributed by atoms with van der Waals surface area (Å²) in [5, 5.41) is 1.15.